The van der Waals surface area contributed by atoms with Crippen LogP contribution in [0.1, 0.15) is 44.9 Å². The normalized spacial score (nSPS) is 12.1. The minimum Gasteiger partial charge on any atom is -0.491 e. The zero-order chi connectivity index (χ0) is 20.3. The molecule has 28 heavy (non-hydrogen) atoms. The Morgan fingerprint density at radius 3 is 2.21 bits per heavy atom. The van der Waals surface area contributed by atoms with Crippen molar-refractivity contribution in [3.8, 4) is 17.2 Å². The van der Waals surface area contributed by atoms with E-state index >= 15 is 0 Å². The van der Waals surface area contributed by atoms with Gasteiger partial charge in [-0.3, -0.25) is 4.79 Å². The molecule has 4 heteroatoms. The zero-order valence-electron chi connectivity index (χ0n) is 17.1. The number of hydrogen-bond donors (Lipinski definition) is 1. The van der Waals surface area contributed by atoms with Gasteiger partial charge in [0.1, 0.15) is 17.2 Å². The number of ether oxygens (including phenoxy) is 2. The van der Waals surface area contributed by atoms with E-state index in [2.05, 4.69) is 17.4 Å². The second-order valence-corrected chi connectivity index (χ2v) is 7.39. The summed E-state index contributed by atoms with van der Waals surface area (Å²) in [4.78, 5) is 11.3. The smallest absolute Gasteiger partial charge is 0.217 e. The Balaban J connectivity index is 1.79. The van der Waals surface area contributed by atoms with E-state index in [0.717, 1.165) is 39.1 Å². The van der Waals surface area contributed by atoms with E-state index < -0.39 is 0 Å². The van der Waals surface area contributed by atoms with Crippen LogP contribution in [0.15, 0.2) is 54.6 Å². The van der Waals surface area contributed by atoms with Gasteiger partial charge in [0.25, 0.3) is 0 Å². The number of carbonyl (C=O) groups is 1. The van der Waals surface area contributed by atoms with Crippen molar-refractivity contribution >= 4 is 16.7 Å². The number of hydrogen-bond acceptors (Lipinski definition) is 3. The first-order chi connectivity index (χ1) is 13.3. The van der Waals surface area contributed by atoms with Crippen LogP contribution in [-0.4, -0.2) is 12.0 Å². The van der Waals surface area contributed by atoms with Gasteiger partial charge in [-0.05, 0) is 86.0 Å². The summed E-state index contributed by atoms with van der Waals surface area (Å²) in [7, 11) is 0. The van der Waals surface area contributed by atoms with E-state index in [1.807, 2.05) is 70.2 Å². The second-order valence-electron chi connectivity index (χ2n) is 7.39. The molecule has 1 amide bonds. The average molecular weight is 377 g/mol. The summed E-state index contributed by atoms with van der Waals surface area (Å²) >= 11 is 0. The van der Waals surface area contributed by atoms with Gasteiger partial charge in [0.05, 0.1) is 12.1 Å². The fourth-order valence-corrected chi connectivity index (χ4v) is 3.17. The molecule has 3 aromatic rings. The van der Waals surface area contributed by atoms with Crippen LogP contribution < -0.4 is 14.8 Å². The standard InChI is InChI=1S/C24H27NO3/c1-15(2)27-24-11-10-22(12-16(24)3)28-23-9-8-20-13-19(6-7-21(20)14-23)17(4)25-18(5)26/h6-15,17H,1-5H3,(H,25,26). The highest BCUT2D eigenvalue weighted by molar-refractivity contribution is 5.85. The number of benzene rings is 3. The summed E-state index contributed by atoms with van der Waals surface area (Å²) in [6, 6.07) is 18.1. The first-order valence-corrected chi connectivity index (χ1v) is 9.58. The first-order valence-electron chi connectivity index (χ1n) is 9.58. The molecule has 0 saturated carbocycles. The van der Waals surface area contributed by atoms with Crippen molar-refractivity contribution in [1.29, 1.82) is 0 Å². The van der Waals surface area contributed by atoms with Crippen molar-refractivity contribution in [2.24, 2.45) is 0 Å². The molecular formula is C24H27NO3. The Kier molecular flexibility index (Phi) is 5.88. The lowest BCUT2D eigenvalue weighted by Gasteiger charge is -2.15. The van der Waals surface area contributed by atoms with Crippen molar-refractivity contribution < 1.29 is 14.3 Å². The van der Waals surface area contributed by atoms with E-state index in [-0.39, 0.29) is 18.1 Å². The summed E-state index contributed by atoms with van der Waals surface area (Å²) < 4.78 is 11.8. The predicted octanol–water partition coefficient (Wildman–Crippen LogP) is 5.92. The maximum Gasteiger partial charge on any atom is 0.217 e. The lowest BCUT2D eigenvalue weighted by Crippen LogP contribution is -2.23. The monoisotopic (exact) mass is 377 g/mol. The maximum absolute atomic E-state index is 11.3. The molecule has 4 nitrogen and oxygen atoms in total. The molecule has 0 radical (unpaired) electrons. The van der Waals surface area contributed by atoms with Crippen molar-refractivity contribution in [2.75, 3.05) is 0 Å². The van der Waals surface area contributed by atoms with Gasteiger partial charge in [-0.1, -0.05) is 18.2 Å². The van der Waals surface area contributed by atoms with Crippen LogP contribution in [0.25, 0.3) is 10.8 Å². The van der Waals surface area contributed by atoms with Gasteiger partial charge < -0.3 is 14.8 Å². The summed E-state index contributed by atoms with van der Waals surface area (Å²) in [6.45, 7) is 9.56. The molecule has 1 N–H and O–H groups in total. The third-order valence-electron chi connectivity index (χ3n) is 4.50. The van der Waals surface area contributed by atoms with E-state index in [9.17, 15) is 4.79 Å². The minimum absolute atomic E-state index is 0.0209. The van der Waals surface area contributed by atoms with Crippen LogP contribution in [0.2, 0.25) is 0 Å². The summed E-state index contributed by atoms with van der Waals surface area (Å²) in [5.74, 6) is 2.41. The molecular weight excluding hydrogens is 350 g/mol. The number of carbonyl (C=O) groups excluding carboxylic acids is 1. The van der Waals surface area contributed by atoms with Gasteiger partial charge in [-0.25, -0.2) is 0 Å². The Morgan fingerprint density at radius 2 is 1.54 bits per heavy atom. The van der Waals surface area contributed by atoms with Crippen LogP contribution in [0.4, 0.5) is 0 Å². The number of rotatable bonds is 6. The van der Waals surface area contributed by atoms with Crippen LogP contribution in [0, 0.1) is 6.92 Å². The Hall–Kier alpha value is -3.01. The average Bonchev–Trinajstić information content (AvgIpc) is 2.62. The van der Waals surface area contributed by atoms with Crippen LogP contribution >= 0.6 is 0 Å². The van der Waals surface area contributed by atoms with Crippen molar-refractivity contribution in [2.45, 2.75) is 46.8 Å². The lowest BCUT2D eigenvalue weighted by atomic mass is 10.0. The highest BCUT2D eigenvalue weighted by atomic mass is 16.5. The third-order valence-corrected chi connectivity index (χ3v) is 4.50. The topological polar surface area (TPSA) is 47.6 Å². The molecule has 0 aliphatic carbocycles. The molecule has 0 aromatic heterocycles. The fraction of sp³-hybridized carbons (Fsp3) is 0.292. The van der Waals surface area contributed by atoms with Crippen molar-refractivity contribution in [3.05, 3.63) is 65.7 Å². The van der Waals surface area contributed by atoms with Gasteiger partial charge in [-0.15, -0.1) is 0 Å². The molecule has 0 aliphatic heterocycles. The molecule has 1 unspecified atom stereocenters. The number of fused-ring (bicyclic) bond motifs is 1. The van der Waals surface area contributed by atoms with Gasteiger partial charge in [0.15, 0.2) is 0 Å². The van der Waals surface area contributed by atoms with Gasteiger partial charge in [0.2, 0.25) is 5.91 Å². The molecule has 3 aromatic carbocycles. The van der Waals surface area contributed by atoms with Crippen LogP contribution in [0.3, 0.4) is 0 Å². The highest BCUT2D eigenvalue weighted by Crippen LogP contribution is 2.30. The van der Waals surface area contributed by atoms with E-state index in [0.29, 0.717) is 0 Å². The quantitative estimate of drug-likeness (QED) is 0.579. The molecule has 0 aliphatic rings. The Bertz CT molecular complexity index is 994. The zero-order valence-corrected chi connectivity index (χ0v) is 17.1. The summed E-state index contributed by atoms with van der Waals surface area (Å²) in [5.41, 5.74) is 2.12. The maximum atomic E-state index is 11.3. The van der Waals surface area contributed by atoms with Gasteiger partial charge in [0, 0.05) is 6.92 Å². The van der Waals surface area contributed by atoms with Crippen LogP contribution in [0.5, 0.6) is 17.2 Å². The van der Waals surface area contributed by atoms with Gasteiger partial charge in [-0.2, -0.15) is 0 Å². The second kappa shape index (κ2) is 8.34. The van der Waals surface area contributed by atoms with E-state index in [4.69, 9.17) is 9.47 Å². The van der Waals surface area contributed by atoms with Crippen molar-refractivity contribution in [3.63, 3.8) is 0 Å². The lowest BCUT2D eigenvalue weighted by molar-refractivity contribution is -0.119. The van der Waals surface area contributed by atoms with Gasteiger partial charge >= 0.3 is 0 Å². The molecule has 1 atom stereocenters. The Morgan fingerprint density at radius 1 is 0.893 bits per heavy atom. The molecule has 0 fully saturated rings. The number of aryl methyl sites for hydroxylation is 1. The molecule has 0 saturated heterocycles. The predicted molar refractivity (Wildman–Crippen MR) is 113 cm³/mol. The number of amides is 1. The largest absolute Gasteiger partial charge is 0.491 e. The molecule has 0 bridgehead atoms. The van der Waals surface area contributed by atoms with E-state index in [1.165, 1.54) is 6.92 Å². The first kappa shape index (κ1) is 19.7. The van der Waals surface area contributed by atoms with Crippen LogP contribution in [-0.2, 0) is 4.79 Å². The Labute approximate surface area is 166 Å². The SMILES string of the molecule is CC(=O)NC(C)c1ccc2cc(Oc3ccc(OC(C)C)c(C)c3)ccc2c1. The van der Waals surface area contributed by atoms with E-state index in [1.54, 1.807) is 0 Å². The fourth-order valence-electron chi connectivity index (χ4n) is 3.17. The number of nitrogens with one attached hydrogen (secondary N) is 1. The summed E-state index contributed by atoms with van der Waals surface area (Å²) in [6.07, 6.45) is 0.143. The molecule has 0 heterocycles. The van der Waals surface area contributed by atoms with Crippen molar-refractivity contribution in [1.82, 2.24) is 5.32 Å². The summed E-state index contributed by atoms with van der Waals surface area (Å²) in [5, 5.41) is 5.12. The highest BCUT2D eigenvalue weighted by Gasteiger charge is 2.09. The molecule has 3 rings (SSSR count). The molecule has 0 spiro atoms. The molecule has 146 valence electrons. The third kappa shape index (κ3) is 4.83. The minimum atomic E-state index is -0.0311.